The third-order valence-electron chi connectivity index (χ3n) is 3.38. The van der Waals surface area contributed by atoms with E-state index >= 15 is 0 Å². The zero-order valence-corrected chi connectivity index (χ0v) is 11.8. The molecule has 0 radical (unpaired) electrons. The van der Waals surface area contributed by atoms with Crippen molar-refractivity contribution in [2.45, 2.75) is 18.9 Å². The average molecular weight is 274 g/mol. The van der Waals surface area contributed by atoms with Gasteiger partial charge in [-0.15, -0.1) is 0 Å². The molecule has 1 aromatic carbocycles. The molecular weight excluding hydrogens is 255 g/mol. The number of pyridine rings is 1. The van der Waals surface area contributed by atoms with Crippen molar-refractivity contribution >= 4 is 0 Å². The molecule has 1 heterocycles. The number of nitrogens with one attached hydrogen (secondary N) is 1. The molecule has 3 nitrogen and oxygen atoms in total. The van der Waals surface area contributed by atoms with Gasteiger partial charge in [0.25, 0.3) is 0 Å². The molecule has 0 aliphatic carbocycles. The Kier molecular flexibility index (Phi) is 5.07. The number of methoxy groups -OCH3 is 1. The first-order valence-electron chi connectivity index (χ1n) is 6.64. The van der Waals surface area contributed by atoms with Crippen LogP contribution in [-0.2, 0) is 6.42 Å². The average Bonchev–Trinajstić information content (AvgIpc) is 2.50. The van der Waals surface area contributed by atoms with Gasteiger partial charge < -0.3 is 10.1 Å². The van der Waals surface area contributed by atoms with Crippen molar-refractivity contribution in [3.05, 3.63) is 59.7 Å². The summed E-state index contributed by atoms with van der Waals surface area (Å²) in [5.41, 5.74) is 1.78. The Morgan fingerprint density at radius 1 is 1.30 bits per heavy atom. The Hall–Kier alpha value is -1.94. The molecule has 0 bridgehead atoms. The van der Waals surface area contributed by atoms with Gasteiger partial charge in [0.05, 0.1) is 7.11 Å². The van der Waals surface area contributed by atoms with Crippen LogP contribution in [0.25, 0.3) is 0 Å². The van der Waals surface area contributed by atoms with Gasteiger partial charge in [0.1, 0.15) is 0 Å². The Morgan fingerprint density at radius 2 is 2.15 bits per heavy atom. The van der Waals surface area contributed by atoms with Gasteiger partial charge in [0, 0.05) is 24.0 Å². The molecule has 1 aromatic heterocycles. The molecule has 4 heteroatoms. The number of hydrogen-bond donors (Lipinski definition) is 1. The predicted molar refractivity (Wildman–Crippen MR) is 77.3 cm³/mol. The molecule has 106 valence electrons. The third-order valence-corrected chi connectivity index (χ3v) is 3.38. The topological polar surface area (TPSA) is 34.2 Å². The Labute approximate surface area is 118 Å². The van der Waals surface area contributed by atoms with Gasteiger partial charge in [-0.1, -0.05) is 18.2 Å². The van der Waals surface area contributed by atoms with E-state index in [4.69, 9.17) is 4.74 Å². The van der Waals surface area contributed by atoms with Crippen LogP contribution in [0, 0.1) is 5.82 Å². The first-order chi connectivity index (χ1) is 9.76. The van der Waals surface area contributed by atoms with Gasteiger partial charge >= 0.3 is 0 Å². The Morgan fingerprint density at radius 3 is 2.80 bits per heavy atom. The minimum atomic E-state index is -0.291. The summed E-state index contributed by atoms with van der Waals surface area (Å²) in [6, 6.07) is 9.13. The lowest BCUT2D eigenvalue weighted by Gasteiger charge is -2.18. The molecule has 1 N–H and O–H groups in total. The highest BCUT2D eigenvalue weighted by Crippen LogP contribution is 2.27. The molecule has 1 atom stereocenters. The highest BCUT2D eigenvalue weighted by atomic mass is 19.1. The number of aromatic nitrogens is 1. The third kappa shape index (κ3) is 3.33. The van der Waals surface area contributed by atoms with Crippen molar-refractivity contribution in [2.75, 3.05) is 14.2 Å². The van der Waals surface area contributed by atoms with Crippen molar-refractivity contribution in [3.63, 3.8) is 0 Å². The number of hydrogen-bond acceptors (Lipinski definition) is 3. The standard InChI is InChI=1S/C16H19FN2O/c1-18-14(9-8-12-5-4-10-19-11-12)13-6-3-7-15(20-2)16(13)17/h3-7,10-11,14,18H,8-9H2,1-2H3. The molecule has 0 saturated carbocycles. The van der Waals surface area contributed by atoms with Crippen LogP contribution >= 0.6 is 0 Å². The summed E-state index contributed by atoms with van der Waals surface area (Å²) in [5.74, 6) is -0.00957. The minimum absolute atomic E-state index is 0.0506. The second-order valence-corrected chi connectivity index (χ2v) is 4.60. The molecule has 0 fully saturated rings. The van der Waals surface area contributed by atoms with E-state index in [1.165, 1.54) is 7.11 Å². The van der Waals surface area contributed by atoms with Crippen LogP contribution in [0.4, 0.5) is 4.39 Å². The van der Waals surface area contributed by atoms with Gasteiger partial charge in [0.15, 0.2) is 11.6 Å². The van der Waals surface area contributed by atoms with Crippen LogP contribution in [0.1, 0.15) is 23.6 Å². The molecule has 2 rings (SSSR count). The van der Waals surface area contributed by atoms with E-state index in [2.05, 4.69) is 10.3 Å². The highest BCUT2D eigenvalue weighted by molar-refractivity contribution is 5.33. The fraction of sp³-hybridized carbons (Fsp3) is 0.312. The number of aryl methyl sites for hydroxylation is 1. The number of rotatable bonds is 6. The molecule has 1 unspecified atom stereocenters. The Bertz CT molecular complexity index is 545. The van der Waals surface area contributed by atoms with Crippen molar-refractivity contribution < 1.29 is 9.13 Å². The Balaban J connectivity index is 2.12. The van der Waals surface area contributed by atoms with E-state index in [9.17, 15) is 4.39 Å². The van der Waals surface area contributed by atoms with Crippen LogP contribution < -0.4 is 10.1 Å². The summed E-state index contributed by atoms with van der Waals surface area (Å²) in [4.78, 5) is 4.09. The number of halogens is 1. The van der Waals surface area contributed by atoms with Gasteiger partial charge in [-0.3, -0.25) is 4.98 Å². The summed E-state index contributed by atoms with van der Waals surface area (Å²) < 4.78 is 19.3. The number of nitrogens with zero attached hydrogens (tertiary/aromatic N) is 1. The SMILES string of the molecule is CNC(CCc1cccnc1)c1cccc(OC)c1F. The first kappa shape index (κ1) is 14.5. The molecular formula is C16H19FN2O. The second kappa shape index (κ2) is 7.01. The lowest BCUT2D eigenvalue weighted by Crippen LogP contribution is -2.18. The monoisotopic (exact) mass is 274 g/mol. The maximum atomic E-state index is 14.3. The van der Waals surface area contributed by atoms with E-state index < -0.39 is 0 Å². The lowest BCUT2D eigenvalue weighted by atomic mass is 9.99. The quantitative estimate of drug-likeness (QED) is 0.878. The van der Waals surface area contributed by atoms with Crippen LogP contribution in [0.3, 0.4) is 0 Å². The summed E-state index contributed by atoms with van der Waals surface area (Å²) >= 11 is 0. The van der Waals surface area contributed by atoms with E-state index in [0.717, 1.165) is 18.4 Å². The smallest absolute Gasteiger partial charge is 0.169 e. The van der Waals surface area contributed by atoms with E-state index in [0.29, 0.717) is 5.56 Å². The molecule has 0 saturated heterocycles. The fourth-order valence-corrected chi connectivity index (χ4v) is 2.27. The summed E-state index contributed by atoms with van der Waals surface area (Å²) in [6.45, 7) is 0. The minimum Gasteiger partial charge on any atom is -0.494 e. The van der Waals surface area contributed by atoms with Crippen LogP contribution in [0.5, 0.6) is 5.75 Å². The van der Waals surface area contributed by atoms with Crippen molar-refractivity contribution in [3.8, 4) is 5.75 Å². The maximum absolute atomic E-state index is 14.3. The molecule has 2 aromatic rings. The van der Waals surface area contributed by atoms with Crippen LogP contribution in [-0.4, -0.2) is 19.1 Å². The summed E-state index contributed by atoms with van der Waals surface area (Å²) in [5, 5.41) is 3.16. The van der Waals surface area contributed by atoms with Gasteiger partial charge in [-0.05, 0) is 37.6 Å². The highest BCUT2D eigenvalue weighted by Gasteiger charge is 2.16. The summed E-state index contributed by atoms with van der Waals surface area (Å²) in [6.07, 6.45) is 5.23. The van der Waals surface area contributed by atoms with Gasteiger partial charge in [0.2, 0.25) is 0 Å². The summed E-state index contributed by atoms with van der Waals surface area (Å²) in [7, 11) is 3.32. The second-order valence-electron chi connectivity index (χ2n) is 4.60. The first-order valence-corrected chi connectivity index (χ1v) is 6.64. The maximum Gasteiger partial charge on any atom is 0.169 e. The van der Waals surface area contributed by atoms with E-state index in [-0.39, 0.29) is 17.6 Å². The van der Waals surface area contributed by atoms with Crippen molar-refractivity contribution in [2.24, 2.45) is 0 Å². The molecule has 0 spiro atoms. The molecule has 0 aliphatic rings. The normalized spacial score (nSPS) is 12.2. The van der Waals surface area contributed by atoms with Gasteiger partial charge in [-0.25, -0.2) is 4.39 Å². The largest absolute Gasteiger partial charge is 0.494 e. The van der Waals surface area contributed by atoms with E-state index in [1.54, 1.807) is 18.3 Å². The van der Waals surface area contributed by atoms with Gasteiger partial charge in [-0.2, -0.15) is 0 Å². The van der Waals surface area contributed by atoms with Crippen LogP contribution in [0.2, 0.25) is 0 Å². The predicted octanol–water partition coefficient (Wildman–Crippen LogP) is 3.12. The number of ether oxygens (including phenoxy) is 1. The van der Waals surface area contributed by atoms with E-state index in [1.807, 2.05) is 31.4 Å². The fourth-order valence-electron chi connectivity index (χ4n) is 2.27. The molecule has 0 amide bonds. The molecule has 20 heavy (non-hydrogen) atoms. The zero-order chi connectivity index (χ0) is 14.4. The number of benzene rings is 1. The molecule has 0 aliphatic heterocycles. The van der Waals surface area contributed by atoms with Crippen molar-refractivity contribution in [1.82, 2.24) is 10.3 Å². The van der Waals surface area contributed by atoms with Crippen molar-refractivity contribution in [1.29, 1.82) is 0 Å². The zero-order valence-electron chi connectivity index (χ0n) is 11.8. The van der Waals surface area contributed by atoms with Crippen LogP contribution in [0.15, 0.2) is 42.7 Å². The lowest BCUT2D eigenvalue weighted by molar-refractivity contribution is 0.379.